The highest BCUT2D eigenvalue weighted by atomic mass is 19.4. The molecular formula is C34H39F3N4. The Balaban J connectivity index is 1.28. The van der Waals surface area contributed by atoms with Gasteiger partial charge < -0.3 is 9.47 Å². The van der Waals surface area contributed by atoms with E-state index in [0.29, 0.717) is 11.6 Å². The van der Waals surface area contributed by atoms with Gasteiger partial charge in [0.2, 0.25) is 0 Å². The Morgan fingerprint density at radius 3 is 2.46 bits per heavy atom. The molecule has 6 rings (SSSR count). The van der Waals surface area contributed by atoms with E-state index in [-0.39, 0.29) is 0 Å². The van der Waals surface area contributed by atoms with Crippen LogP contribution in [0.4, 0.5) is 13.2 Å². The number of halogens is 3. The van der Waals surface area contributed by atoms with Gasteiger partial charge in [-0.1, -0.05) is 43.5 Å². The summed E-state index contributed by atoms with van der Waals surface area (Å²) in [5.41, 5.74) is 3.17. The van der Waals surface area contributed by atoms with Gasteiger partial charge in [-0.25, -0.2) is 0 Å². The van der Waals surface area contributed by atoms with Crippen molar-refractivity contribution in [2.75, 3.05) is 19.6 Å². The van der Waals surface area contributed by atoms with Gasteiger partial charge in [-0.2, -0.15) is 13.2 Å². The number of pyridine rings is 1. The van der Waals surface area contributed by atoms with Gasteiger partial charge in [-0.3, -0.25) is 9.88 Å². The topological polar surface area (TPSA) is 24.3 Å². The molecule has 4 aromatic rings. The van der Waals surface area contributed by atoms with Crippen LogP contribution in [0.15, 0.2) is 79.3 Å². The predicted octanol–water partition coefficient (Wildman–Crippen LogP) is 8.09. The molecule has 2 fully saturated rings. The first-order valence-electron chi connectivity index (χ1n) is 15.1. The third-order valence-electron chi connectivity index (χ3n) is 8.95. The molecule has 7 heteroatoms. The molecular weight excluding hydrogens is 521 g/mol. The smallest absolute Gasteiger partial charge is 0.316 e. The number of benzene rings is 2. The van der Waals surface area contributed by atoms with Gasteiger partial charge in [0.1, 0.15) is 0 Å². The second-order valence-corrected chi connectivity index (χ2v) is 11.9. The predicted molar refractivity (Wildman–Crippen MR) is 158 cm³/mol. The Hall–Kier alpha value is -3.16. The summed E-state index contributed by atoms with van der Waals surface area (Å²) in [7, 11) is 0. The minimum atomic E-state index is -4.38. The Kier molecular flexibility index (Phi) is 8.45. The zero-order chi connectivity index (χ0) is 28.2. The van der Waals surface area contributed by atoms with E-state index >= 15 is 0 Å². The number of fused-ring (bicyclic) bond motifs is 1. The highest BCUT2D eigenvalue weighted by Crippen LogP contribution is 2.33. The van der Waals surface area contributed by atoms with Gasteiger partial charge in [-0.05, 0) is 85.7 Å². The van der Waals surface area contributed by atoms with Crippen LogP contribution >= 0.6 is 0 Å². The molecule has 1 aliphatic carbocycles. The molecule has 41 heavy (non-hydrogen) atoms. The van der Waals surface area contributed by atoms with Crippen molar-refractivity contribution in [2.45, 2.75) is 70.3 Å². The number of nitrogens with zero attached hydrogens (tertiary/aromatic N) is 4. The van der Waals surface area contributed by atoms with E-state index in [9.17, 15) is 13.2 Å². The first kappa shape index (κ1) is 28.0. The van der Waals surface area contributed by atoms with Gasteiger partial charge in [-0.15, -0.1) is 0 Å². The minimum absolute atomic E-state index is 0.526. The fraction of sp³-hybridized carbons (Fsp3) is 0.441. The number of rotatable bonds is 8. The fourth-order valence-electron chi connectivity index (χ4n) is 6.98. The molecule has 0 radical (unpaired) electrons. The number of hydrogen-bond donors (Lipinski definition) is 0. The maximum atomic E-state index is 13.5. The van der Waals surface area contributed by atoms with Gasteiger partial charge >= 0.3 is 6.18 Å². The van der Waals surface area contributed by atoms with Crippen molar-refractivity contribution in [2.24, 2.45) is 5.92 Å². The van der Waals surface area contributed by atoms with Gasteiger partial charge in [0.05, 0.1) is 11.1 Å². The van der Waals surface area contributed by atoms with E-state index in [2.05, 4.69) is 33.0 Å². The van der Waals surface area contributed by atoms with Gasteiger partial charge in [0, 0.05) is 61.9 Å². The van der Waals surface area contributed by atoms with E-state index in [4.69, 9.17) is 0 Å². The normalized spacial score (nSPS) is 19.3. The Morgan fingerprint density at radius 2 is 1.66 bits per heavy atom. The Bertz CT molecular complexity index is 1420. The summed E-state index contributed by atoms with van der Waals surface area (Å²) in [6.07, 6.45) is 10.6. The third-order valence-corrected chi connectivity index (χ3v) is 8.95. The lowest BCUT2D eigenvalue weighted by atomic mass is 9.90. The Labute approximate surface area is 240 Å². The largest absolute Gasteiger partial charge is 0.416 e. The molecule has 2 aromatic carbocycles. The third kappa shape index (κ3) is 6.68. The van der Waals surface area contributed by atoms with Crippen LogP contribution < -0.4 is 0 Å². The standard InChI is InChI=1S/C34H39F3N4/c35-34(36,37)29-9-6-12-31(20-29)41-25-28(32-13-4-5-14-33(32)41)24-39(21-26-15-17-38-18-16-26)22-27-8-7-19-40(23-27)30-10-2-1-3-11-30/h4-6,9,12-18,20,25,27,30H,1-3,7-8,10-11,19,21-24H2. The molecule has 4 nitrogen and oxygen atoms in total. The van der Waals surface area contributed by atoms with Crippen LogP contribution in [0, 0.1) is 5.92 Å². The summed E-state index contributed by atoms with van der Waals surface area (Å²) in [5.74, 6) is 0.601. The number of aromatic nitrogens is 2. The van der Waals surface area contributed by atoms with Gasteiger partial charge in [0.15, 0.2) is 0 Å². The number of hydrogen-bond acceptors (Lipinski definition) is 3. The van der Waals surface area contributed by atoms with E-state index in [1.807, 2.05) is 41.4 Å². The molecule has 1 unspecified atom stereocenters. The van der Waals surface area contributed by atoms with Crippen molar-refractivity contribution < 1.29 is 13.2 Å². The molecule has 0 bridgehead atoms. The summed E-state index contributed by atoms with van der Waals surface area (Å²) in [4.78, 5) is 9.50. The van der Waals surface area contributed by atoms with Crippen LogP contribution in [0.5, 0.6) is 0 Å². The van der Waals surface area contributed by atoms with Gasteiger partial charge in [0.25, 0.3) is 0 Å². The van der Waals surface area contributed by atoms with E-state index in [1.54, 1.807) is 6.07 Å². The molecule has 0 spiro atoms. The molecule has 0 amide bonds. The summed E-state index contributed by atoms with van der Waals surface area (Å²) in [5, 5.41) is 1.08. The zero-order valence-electron chi connectivity index (χ0n) is 23.6. The highest BCUT2D eigenvalue weighted by Gasteiger charge is 2.31. The second-order valence-electron chi connectivity index (χ2n) is 11.9. The SMILES string of the molecule is FC(F)(F)c1cccc(-n2cc(CN(Cc3ccncc3)CC3CCCN(C4CCCCC4)C3)c3ccccc32)c1. The van der Waals surface area contributed by atoms with Crippen molar-refractivity contribution in [3.63, 3.8) is 0 Å². The van der Waals surface area contributed by atoms with E-state index in [1.165, 1.54) is 69.2 Å². The van der Waals surface area contributed by atoms with Crippen LogP contribution in [0.1, 0.15) is 61.6 Å². The molecule has 2 aliphatic rings. The van der Waals surface area contributed by atoms with Crippen molar-refractivity contribution in [1.82, 2.24) is 19.4 Å². The number of alkyl halides is 3. The highest BCUT2D eigenvalue weighted by molar-refractivity contribution is 5.85. The summed E-state index contributed by atoms with van der Waals surface area (Å²) in [6.45, 7) is 4.91. The summed E-state index contributed by atoms with van der Waals surface area (Å²) in [6, 6.07) is 18.6. The first-order chi connectivity index (χ1) is 19.9. The maximum absolute atomic E-state index is 13.5. The molecule has 1 aliphatic heterocycles. The monoisotopic (exact) mass is 560 g/mol. The summed E-state index contributed by atoms with van der Waals surface area (Å²) < 4.78 is 42.5. The average Bonchev–Trinajstić information content (AvgIpc) is 3.36. The number of para-hydroxylation sites is 1. The van der Waals surface area contributed by atoms with E-state index < -0.39 is 11.7 Å². The van der Waals surface area contributed by atoms with Crippen LogP contribution in [0.25, 0.3) is 16.6 Å². The molecule has 0 N–H and O–H groups in total. The fourth-order valence-corrected chi connectivity index (χ4v) is 6.98. The van der Waals surface area contributed by atoms with Crippen LogP contribution in [-0.2, 0) is 19.3 Å². The molecule has 216 valence electrons. The Morgan fingerprint density at radius 1 is 0.854 bits per heavy atom. The lowest BCUT2D eigenvalue weighted by Crippen LogP contribution is -2.46. The van der Waals surface area contributed by atoms with Crippen molar-refractivity contribution in [3.8, 4) is 5.69 Å². The zero-order valence-corrected chi connectivity index (χ0v) is 23.6. The molecule has 3 heterocycles. The lowest BCUT2D eigenvalue weighted by molar-refractivity contribution is -0.137. The quantitative estimate of drug-likeness (QED) is 0.218. The molecule has 1 atom stereocenters. The van der Waals surface area contributed by atoms with Crippen LogP contribution in [0.3, 0.4) is 0 Å². The van der Waals surface area contributed by atoms with Crippen molar-refractivity contribution in [1.29, 1.82) is 0 Å². The molecule has 1 saturated carbocycles. The number of likely N-dealkylation sites (tertiary alicyclic amines) is 1. The molecule has 1 saturated heterocycles. The maximum Gasteiger partial charge on any atom is 0.416 e. The van der Waals surface area contributed by atoms with Crippen LogP contribution in [0.2, 0.25) is 0 Å². The van der Waals surface area contributed by atoms with Crippen molar-refractivity contribution in [3.05, 3.63) is 95.9 Å². The minimum Gasteiger partial charge on any atom is -0.316 e. The lowest BCUT2D eigenvalue weighted by Gasteiger charge is -2.41. The number of piperidine rings is 1. The van der Waals surface area contributed by atoms with Crippen molar-refractivity contribution >= 4 is 10.9 Å². The van der Waals surface area contributed by atoms with Crippen LogP contribution in [-0.4, -0.2) is 45.0 Å². The second kappa shape index (κ2) is 12.4. The van der Waals surface area contributed by atoms with E-state index in [0.717, 1.165) is 54.8 Å². The first-order valence-corrected chi connectivity index (χ1v) is 15.1. The summed E-state index contributed by atoms with van der Waals surface area (Å²) >= 11 is 0. The molecule has 2 aromatic heterocycles. The average molecular weight is 561 g/mol.